The smallest absolute Gasteiger partial charge is 0.239 e. The summed E-state index contributed by atoms with van der Waals surface area (Å²) in [5, 5.41) is 13.5. The molecule has 96 valence electrons. The van der Waals surface area contributed by atoms with E-state index in [1.165, 1.54) is 0 Å². The fourth-order valence-electron chi connectivity index (χ4n) is 1.30. The second-order valence-electron chi connectivity index (χ2n) is 3.63. The van der Waals surface area contributed by atoms with E-state index in [0.29, 0.717) is 6.54 Å². The van der Waals surface area contributed by atoms with Crippen molar-refractivity contribution in [2.75, 3.05) is 18.4 Å². The van der Waals surface area contributed by atoms with Crippen LogP contribution in [0.15, 0.2) is 12.1 Å². The van der Waals surface area contributed by atoms with Gasteiger partial charge in [-0.15, -0.1) is 0 Å². The first kappa shape index (κ1) is 13.9. The zero-order valence-electron chi connectivity index (χ0n) is 9.89. The highest BCUT2D eigenvalue weighted by Gasteiger charge is 2.12. The Hall–Kier alpha value is -2.16. The SMILES string of the molecule is CCCNC(=O)CNc1c(F)cc(C#N)cc1F. The molecule has 1 aromatic rings. The molecule has 0 bridgehead atoms. The molecule has 0 aliphatic rings. The van der Waals surface area contributed by atoms with Crippen LogP contribution in [-0.4, -0.2) is 19.0 Å². The van der Waals surface area contributed by atoms with Gasteiger partial charge in [0, 0.05) is 6.54 Å². The number of nitrogens with zero attached hydrogens (tertiary/aromatic N) is 1. The predicted molar refractivity (Wildman–Crippen MR) is 62.9 cm³/mol. The molecule has 0 atom stereocenters. The van der Waals surface area contributed by atoms with Crippen LogP contribution in [0.5, 0.6) is 0 Å². The standard InChI is InChI=1S/C12H13F2N3O/c1-2-3-16-11(18)7-17-12-9(13)4-8(6-15)5-10(12)14/h4-5,17H,2-3,7H2,1H3,(H,16,18). The minimum atomic E-state index is -0.894. The lowest BCUT2D eigenvalue weighted by Gasteiger charge is -2.09. The van der Waals surface area contributed by atoms with Crippen molar-refractivity contribution in [2.45, 2.75) is 13.3 Å². The quantitative estimate of drug-likeness (QED) is 0.840. The summed E-state index contributed by atoms with van der Waals surface area (Å²) in [5.74, 6) is -2.13. The number of hydrogen-bond donors (Lipinski definition) is 2. The average Bonchev–Trinajstić information content (AvgIpc) is 2.34. The summed E-state index contributed by atoms with van der Waals surface area (Å²) >= 11 is 0. The number of halogens is 2. The first-order valence-corrected chi connectivity index (χ1v) is 5.48. The Kier molecular flexibility index (Phi) is 5.06. The Morgan fingerprint density at radius 2 is 2.00 bits per heavy atom. The van der Waals surface area contributed by atoms with Crippen molar-refractivity contribution >= 4 is 11.6 Å². The van der Waals surface area contributed by atoms with Crippen LogP contribution in [0.4, 0.5) is 14.5 Å². The number of anilines is 1. The number of benzene rings is 1. The van der Waals surface area contributed by atoms with Crippen LogP contribution in [-0.2, 0) is 4.79 Å². The van der Waals surface area contributed by atoms with Gasteiger partial charge in [0.2, 0.25) is 5.91 Å². The Balaban J connectivity index is 2.68. The van der Waals surface area contributed by atoms with Gasteiger partial charge in [-0.3, -0.25) is 4.79 Å². The first-order chi connectivity index (χ1) is 8.58. The van der Waals surface area contributed by atoms with Crippen LogP contribution in [0.3, 0.4) is 0 Å². The zero-order chi connectivity index (χ0) is 13.5. The van der Waals surface area contributed by atoms with Gasteiger partial charge in [0.15, 0.2) is 11.6 Å². The predicted octanol–water partition coefficient (Wildman–Crippen LogP) is 1.77. The molecule has 0 aliphatic carbocycles. The van der Waals surface area contributed by atoms with Gasteiger partial charge in [0.05, 0.1) is 18.2 Å². The minimum absolute atomic E-state index is 0.106. The molecule has 0 spiro atoms. The van der Waals surface area contributed by atoms with Gasteiger partial charge in [-0.1, -0.05) is 6.92 Å². The third-order valence-electron chi connectivity index (χ3n) is 2.17. The highest BCUT2D eigenvalue weighted by Crippen LogP contribution is 2.20. The molecule has 0 aliphatic heterocycles. The van der Waals surface area contributed by atoms with E-state index in [4.69, 9.17) is 5.26 Å². The summed E-state index contributed by atoms with van der Waals surface area (Å²) < 4.78 is 26.8. The molecule has 6 heteroatoms. The molecule has 0 aromatic heterocycles. The largest absolute Gasteiger partial charge is 0.371 e. The molecule has 1 amide bonds. The van der Waals surface area contributed by atoms with E-state index < -0.39 is 17.3 Å². The monoisotopic (exact) mass is 253 g/mol. The van der Waals surface area contributed by atoms with E-state index in [-0.39, 0.29) is 18.0 Å². The maximum Gasteiger partial charge on any atom is 0.239 e. The number of carbonyl (C=O) groups excluding carboxylic acids is 1. The summed E-state index contributed by atoms with van der Waals surface area (Å²) in [6.07, 6.45) is 0.783. The van der Waals surface area contributed by atoms with Crippen LogP contribution in [0.25, 0.3) is 0 Å². The third-order valence-corrected chi connectivity index (χ3v) is 2.17. The minimum Gasteiger partial charge on any atom is -0.371 e. The highest BCUT2D eigenvalue weighted by molar-refractivity contribution is 5.80. The Labute approximate surface area is 104 Å². The molecule has 1 aromatic carbocycles. The molecule has 0 radical (unpaired) electrons. The van der Waals surface area contributed by atoms with Crippen LogP contribution in [0, 0.1) is 23.0 Å². The number of amides is 1. The fourth-order valence-corrected chi connectivity index (χ4v) is 1.30. The van der Waals surface area contributed by atoms with Gasteiger partial charge in [0.25, 0.3) is 0 Å². The van der Waals surface area contributed by atoms with Crippen LogP contribution < -0.4 is 10.6 Å². The molecule has 0 fully saturated rings. The first-order valence-electron chi connectivity index (χ1n) is 5.48. The van der Waals surface area contributed by atoms with Gasteiger partial charge in [0.1, 0.15) is 5.69 Å². The van der Waals surface area contributed by atoms with Gasteiger partial charge >= 0.3 is 0 Å². The maximum atomic E-state index is 13.4. The maximum absolute atomic E-state index is 13.4. The molecule has 18 heavy (non-hydrogen) atoms. The summed E-state index contributed by atoms with van der Waals surface area (Å²) in [6, 6.07) is 3.47. The lowest BCUT2D eigenvalue weighted by Crippen LogP contribution is -2.30. The molecule has 2 N–H and O–H groups in total. The van der Waals surface area contributed by atoms with E-state index in [0.717, 1.165) is 18.6 Å². The second-order valence-corrected chi connectivity index (χ2v) is 3.63. The lowest BCUT2D eigenvalue weighted by molar-refractivity contribution is -0.119. The molecular weight excluding hydrogens is 240 g/mol. The molecular formula is C12H13F2N3O. The van der Waals surface area contributed by atoms with E-state index in [1.807, 2.05) is 6.92 Å². The van der Waals surface area contributed by atoms with Crippen molar-refractivity contribution in [3.63, 3.8) is 0 Å². The number of rotatable bonds is 5. The number of carbonyl (C=O) groups is 1. The van der Waals surface area contributed by atoms with Gasteiger partial charge in [-0.25, -0.2) is 8.78 Å². The van der Waals surface area contributed by atoms with Crippen molar-refractivity contribution in [3.05, 3.63) is 29.3 Å². The van der Waals surface area contributed by atoms with Gasteiger partial charge < -0.3 is 10.6 Å². The normalized spacial score (nSPS) is 9.67. The van der Waals surface area contributed by atoms with E-state index in [2.05, 4.69) is 10.6 Å². The van der Waals surface area contributed by atoms with Crippen molar-refractivity contribution < 1.29 is 13.6 Å². The summed E-state index contributed by atoms with van der Waals surface area (Å²) in [6.45, 7) is 2.19. The van der Waals surface area contributed by atoms with Crippen molar-refractivity contribution in [3.8, 4) is 6.07 Å². The molecule has 1 rings (SSSR count). The van der Waals surface area contributed by atoms with Crippen LogP contribution in [0.2, 0.25) is 0 Å². The topological polar surface area (TPSA) is 64.9 Å². The Morgan fingerprint density at radius 3 is 2.50 bits per heavy atom. The fraction of sp³-hybridized carbons (Fsp3) is 0.333. The average molecular weight is 253 g/mol. The number of hydrogen-bond acceptors (Lipinski definition) is 3. The van der Waals surface area contributed by atoms with E-state index >= 15 is 0 Å². The van der Waals surface area contributed by atoms with Gasteiger partial charge in [-0.05, 0) is 18.6 Å². The zero-order valence-corrected chi connectivity index (χ0v) is 9.89. The molecule has 0 unspecified atom stereocenters. The van der Waals surface area contributed by atoms with Crippen LogP contribution >= 0.6 is 0 Å². The van der Waals surface area contributed by atoms with Crippen molar-refractivity contribution in [2.24, 2.45) is 0 Å². The lowest BCUT2D eigenvalue weighted by atomic mass is 10.2. The summed E-state index contributed by atoms with van der Waals surface area (Å²) in [7, 11) is 0. The summed E-state index contributed by atoms with van der Waals surface area (Å²) in [4.78, 5) is 11.3. The van der Waals surface area contributed by atoms with Gasteiger partial charge in [-0.2, -0.15) is 5.26 Å². The highest BCUT2D eigenvalue weighted by atomic mass is 19.1. The van der Waals surface area contributed by atoms with E-state index in [9.17, 15) is 13.6 Å². The molecule has 0 heterocycles. The Morgan fingerprint density at radius 1 is 1.39 bits per heavy atom. The van der Waals surface area contributed by atoms with Crippen LogP contribution in [0.1, 0.15) is 18.9 Å². The van der Waals surface area contributed by atoms with E-state index in [1.54, 1.807) is 6.07 Å². The summed E-state index contributed by atoms with van der Waals surface area (Å²) in [5.41, 5.74) is -0.508. The third kappa shape index (κ3) is 3.70. The molecule has 4 nitrogen and oxygen atoms in total. The van der Waals surface area contributed by atoms with Crippen molar-refractivity contribution in [1.82, 2.24) is 5.32 Å². The molecule has 0 saturated heterocycles. The second kappa shape index (κ2) is 6.55. The Bertz CT molecular complexity index is 460. The van der Waals surface area contributed by atoms with Crippen molar-refractivity contribution in [1.29, 1.82) is 5.26 Å². The molecule has 0 saturated carbocycles. The number of nitriles is 1. The number of nitrogens with one attached hydrogen (secondary N) is 2.